The average molecular weight is 446 g/mol. The van der Waals surface area contributed by atoms with E-state index >= 15 is 0 Å². The first kappa shape index (κ1) is 23.6. The number of benzene rings is 2. The lowest BCUT2D eigenvalue weighted by molar-refractivity contribution is -0.137. The molecule has 0 N–H and O–H groups in total. The fraction of sp³-hybridized carbons (Fsp3) is 0.320. The molecule has 0 unspecified atom stereocenters. The lowest BCUT2D eigenvalue weighted by Gasteiger charge is -2.24. The maximum atomic E-state index is 13.6. The first-order valence-corrected chi connectivity index (χ1v) is 10.6. The molecule has 1 heterocycles. The highest BCUT2D eigenvalue weighted by atomic mass is 19.4. The summed E-state index contributed by atoms with van der Waals surface area (Å²) in [5.41, 5.74) is 0.901. The number of carbonyl (C=O) groups excluding carboxylic acids is 1. The van der Waals surface area contributed by atoms with E-state index in [-0.39, 0.29) is 24.6 Å². The lowest BCUT2D eigenvalue weighted by Crippen LogP contribution is -2.32. The number of alkyl halides is 3. The van der Waals surface area contributed by atoms with Gasteiger partial charge in [0.2, 0.25) is 0 Å². The van der Waals surface area contributed by atoms with Crippen LogP contribution in [-0.2, 0) is 19.3 Å². The molecule has 1 amide bonds. The summed E-state index contributed by atoms with van der Waals surface area (Å²) < 4.78 is 54.6. The summed E-state index contributed by atoms with van der Waals surface area (Å²) in [6.45, 7) is 3.12. The molecular weight excluding hydrogens is 420 g/mol. The molecule has 0 aliphatic rings. The van der Waals surface area contributed by atoms with Crippen molar-refractivity contribution in [1.29, 1.82) is 0 Å². The molecule has 0 fully saturated rings. The summed E-state index contributed by atoms with van der Waals surface area (Å²) in [7, 11) is 0. The molecule has 1 aromatic heterocycles. The quantitative estimate of drug-likeness (QED) is 0.271. The summed E-state index contributed by atoms with van der Waals surface area (Å²) in [5, 5.41) is 0. The van der Waals surface area contributed by atoms with Gasteiger partial charge < -0.3 is 9.47 Å². The topological polar surface area (TPSA) is 25.2 Å². The Balaban J connectivity index is 1.80. The molecule has 0 aliphatic heterocycles. The van der Waals surface area contributed by atoms with E-state index in [0.29, 0.717) is 12.1 Å². The minimum atomic E-state index is -4.40. The van der Waals surface area contributed by atoms with Gasteiger partial charge >= 0.3 is 6.18 Å². The highest BCUT2D eigenvalue weighted by molar-refractivity contribution is 5.94. The third-order valence-electron chi connectivity index (χ3n) is 5.27. The zero-order chi connectivity index (χ0) is 23.1. The molecule has 0 bridgehead atoms. The van der Waals surface area contributed by atoms with Crippen LogP contribution in [0.25, 0.3) is 0 Å². The molecule has 0 spiro atoms. The van der Waals surface area contributed by atoms with Crippen LogP contribution in [0.4, 0.5) is 17.6 Å². The summed E-state index contributed by atoms with van der Waals surface area (Å²) in [6, 6.07) is 14.5. The minimum Gasteiger partial charge on any atom is -0.345 e. The number of carbonyl (C=O) groups is 1. The zero-order valence-electron chi connectivity index (χ0n) is 17.9. The average Bonchev–Trinajstić information content (AvgIpc) is 3.18. The largest absolute Gasteiger partial charge is 0.416 e. The van der Waals surface area contributed by atoms with Gasteiger partial charge in [0.25, 0.3) is 5.91 Å². The lowest BCUT2D eigenvalue weighted by atomic mass is 10.1. The van der Waals surface area contributed by atoms with E-state index in [1.165, 1.54) is 24.3 Å². The van der Waals surface area contributed by atoms with Gasteiger partial charge in [0.1, 0.15) is 5.82 Å². The van der Waals surface area contributed by atoms with Gasteiger partial charge in [-0.15, -0.1) is 0 Å². The summed E-state index contributed by atoms with van der Waals surface area (Å²) in [6.07, 6.45) is 0.146. The van der Waals surface area contributed by atoms with Crippen molar-refractivity contribution in [2.45, 2.75) is 45.5 Å². The third kappa shape index (κ3) is 6.22. The van der Waals surface area contributed by atoms with Crippen molar-refractivity contribution in [3.63, 3.8) is 0 Å². The summed E-state index contributed by atoms with van der Waals surface area (Å²) in [4.78, 5) is 14.7. The number of nitrogens with zero attached hydrogens (tertiary/aromatic N) is 2. The minimum absolute atomic E-state index is 0.253. The number of unbranched alkanes of at least 4 members (excludes halogenated alkanes) is 2. The van der Waals surface area contributed by atoms with Gasteiger partial charge in [0, 0.05) is 30.5 Å². The Morgan fingerprint density at radius 3 is 2.50 bits per heavy atom. The number of rotatable bonds is 9. The Hall–Kier alpha value is -3.09. The van der Waals surface area contributed by atoms with E-state index in [2.05, 4.69) is 6.92 Å². The second kappa shape index (κ2) is 10.5. The van der Waals surface area contributed by atoms with Crippen LogP contribution in [0.15, 0.2) is 66.9 Å². The molecule has 0 saturated heterocycles. The normalized spacial score (nSPS) is 11.5. The van der Waals surface area contributed by atoms with Crippen molar-refractivity contribution in [1.82, 2.24) is 9.47 Å². The van der Waals surface area contributed by atoms with Crippen LogP contribution in [0.3, 0.4) is 0 Å². The summed E-state index contributed by atoms with van der Waals surface area (Å²) >= 11 is 0. The van der Waals surface area contributed by atoms with Crippen LogP contribution in [0, 0.1) is 5.82 Å². The Morgan fingerprint density at radius 1 is 1.00 bits per heavy atom. The van der Waals surface area contributed by atoms with Gasteiger partial charge in [0.05, 0.1) is 12.1 Å². The van der Waals surface area contributed by atoms with Crippen LogP contribution >= 0.6 is 0 Å². The highest BCUT2D eigenvalue weighted by Crippen LogP contribution is 2.29. The summed E-state index contributed by atoms with van der Waals surface area (Å²) in [5.74, 6) is -0.746. The highest BCUT2D eigenvalue weighted by Gasteiger charge is 2.30. The number of halogens is 4. The molecule has 3 aromatic rings. The van der Waals surface area contributed by atoms with Crippen molar-refractivity contribution < 1.29 is 22.4 Å². The van der Waals surface area contributed by atoms with Crippen LogP contribution in [0.2, 0.25) is 0 Å². The van der Waals surface area contributed by atoms with Gasteiger partial charge in [-0.1, -0.05) is 38.0 Å². The second-order valence-corrected chi connectivity index (χ2v) is 7.77. The standard InChI is InChI=1S/C25H26F4N2O/c1-2-3-4-13-31(24(32)20-9-6-11-22(26)16-20)18-23-12-7-14-30(23)17-19-8-5-10-21(15-19)25(27,28)29/h5-12,14-16H,2-4,13,17-18H2,1H3. The maximum absolute atomic E-state index is 13.6. The Labute approximate surface area is 185 Å². The first-order chi connectivity index (χ1) is 15.3. The molecule has 170 valence electrons. The van der Waals surface area contributed by atoms with E-state index in [0.717, 1.165) is 37.1 Å². The molecule has 3 nitrogen and oxygen atoms in total. The molecule has 3 rings (SSSR count). The fourth-order valence-corrected chi connectivity index (χ4v) is 3.59. The number of amides is 1. The van der Waals surface area contributed by atoms with Gasteiger partial charge in [-0.25, -0.2) is 4.39 Å². The van der Waals surface area contributed by atoms with Crippen molar-refractivity contribution in [2.75, 3.05) is 6.54 Å². The van der Waals surface area contributed by atoms with Gasteiger partial charge in [-0.3, -0.25) is 4.79 Å². The molecule has 0 saturated carbocycles. The Kier molecular flexibility index (Phi) is 7.72. The Bertz CT molecular complexity index is 1040. The van der Waals surface area contributed by atoms with E-state index < -0.39 is 17.6 Å². The molecule has 7 heteroatoms. The van der Waals surface area contributed by atoms with E-state index in [1.807, 2.05) is 10.6 Å². The van der Waals surface area contributed by atoms with Gasteiger partial charge in [-0.2, -0.15) is 13.2 Å². The number of hydrogen-bond donors (Lipinski definition) is 0. The monoisotopic (exact) mass is 446 g/mol. The molecular formula is C25H26F4N2O. The fourth-order valence-electron chi connectivity index (χ4n) is 3.59. The van der Waals surface area contributed by atoms with E-state index in [4.69, 9.17) is 0 Å². The number of hydrogen-bond acceptors (Lipinski definition) is 1. The van der Waals surface area contributed by atoms with Crippen LogP contribution in [-0.4, -0.2) is 21.9 Å². The van der Waals surface area contributed by atoms with Crippen molar-refractivity contribution in [2.24, 2.45) is 0 Å². The molecule has 0 aliphatic carbocycles. The van der Waals surface area contributed by atoms with Crippen LogP contribution < -0.4 is 0 Å². The second-order valence-electron chi connectivity index (χ2n) is 7.77. The Morgan fingerprint density at radius 2 is 1.78 bits per heavy atom. The smallest absolute Gasteiger partial charge is 0.345 e. The third-order valence-corrected chi connectivity index (χ3v) is 5.27. The van der Waals surface area contributed by atoms with Crippen molar-refractivity contribution in [3.05, 3.63) is 95.1 Å². The van der Waals surface area contributed by atoms with Crippen LogP contribution in [0.1, 0.15) is 53.4 Å². The maximum Gasteiger partial charge on any atom is 0.416 e. The SMILES string of the molecule is CCCCCN(Cc1cccn1Cc1cccc(C(F)(F)F)c1)C(=O)c1cccc(F)c1. The number of aromatic nitrogens is 1. The first-order valence-electron chi connectivity index (χ1n) is 10.6. The predicted octanol–water partition coefficient (Wildman–Crippen LogP) is 6.53. The molecule has 2 aromatic carbocycles. The zero-order valence-corrected chi connectivity index (χ0v) is 17.9. The van der Waals surface area contributed by atoms with Gasteiger partial charge in [0.15, 0.2) is 0 Å². The van der Waals surface area contributed by atoms with E-state index in [9.17, 15) is 22.4 Å². The van der Waals surface area contributed by atoms with Crippen molar-refractivity contribution >= 4 is 5.91 Å². The molecule has 0 atom stereocenters. The predicted molar refractivity (Wildman–Crippen MR) is 116 cm³/mol. The van der Waals surface area contributed by atoms with Crippen molar-refractivity contribution in [3.8, 4) is 0 Å². The molecule has 0 radical (unpaired) electrons. The molecule has 32 heavy (non-hydrogen) atoms. The van der Waals surface area contributed by atoms with E-state index in [1.54, 1.807) is 29.3 Å². The van der Waals surface area contributed by atoms with Crippen LogP contribution in [0.5, 0.6) is 0 Å². The van der Waals surface area contributed by atoms with Gasteiger partial charge in [-0.05, 0) is 54.4 Å².